The number of aryl methyl sites for hydroxylation is 1. The highest BCUT2D eigenvalue weighted by molar-refractivity contribution is 5.69. The summed E-state index contributed by atoms with van der Waals surface area (Å²) in [5.74, 6) is 1.35. The van der Waals surface area contributed by atoms with Gasteiger partial charge in [-0.25, -0.2) is 4.98 Å². The Balaban J connectivity index is 1.66. The van der Waals surface area contributed by atoms with Crippen LogP contribution in [0.5, 0.6) is 11.5 Å². The number of likely N-dealkylation sites (N-methyl/N-ethyl adjacent to an activating group) is 1. The summed E-state index contributed by atoms with van der Waals surface area (Å²) in [6.07, 6.45) is 2.44. The van der Waals surface area contributed by atoms with Gasteiger partial charge < -0.3 is 15.2 Å². The van der Waals surface area contributed by atoms with E-state index < -0.39 is 5.97 Å². The normalized spacial score (nSPS) is 11.8. The molecule has 0 fully saturated rings. The SMILES string of the molecule is Cc1ccc(Oc2ccc(NC(CCN(C)CC(=O)O)c3ccccc3)nc2)cc1. The number of rotatable bonds is 10. The molecule has 1 atom stereocenters. The highest BCUT2D eigenvalue weighted by atomic mass is 16.5. The van der Waals surface area contributed by atoms with Gasteiger partial charge in [-0.2, -0.15) is 0 Å². The Morgan fingerprint density at radius 2 is 1.77 bits per heavy atom. The topological polar surface area (TPSA) is 74.7 Å². The molecule has 2 N–H and O–H groups in total. The minimum absolute atomic E-state index is 0.0128. The maximum Gasteiger partial charge on any atom is 0.317 e. The van der Waals surface area contributed by atoms with Crippen LogP contribution >= 0.6 is 0 Å². The van der Waals surface area contributed by atoms with Gasteiger partial charge in [0.1, 0.15) is 17.3 Å². The minimum atomic E-state index is -0.826. The second-order valence-corrected chi connectivity index (χ2v) is 7.32. The van der Waals surface area contributed by atoms with Gasteiger partial charge >= 0.3 is 5.97 Å². The number of ether oxygens (including phenoxy) is 1. The number of carboxylic acid groups (broad SMARTS) is 1. The Morgan fingerprint density at radius 3 is 2.40 bits per heavy atom. The molecule has 1 unspecified atom stereocenters. The molecule has 0 saturated heterocycles. The predicted molar refractivity (Wildman–Crippen MR) is 118 cm³/mol. The van der Waals surface area contributed by atoms with E-state index in [0.717, 1.165) is 23.6 Å². The van der Waals surface area contributed by atoms with E-state index in [1.165, 1.54) is 5.56 Å². The van der Waals surface area contributed by atoms with Crippen molar-refractivity contribution in [2.75, 3.05) is 25.5 Å². The number of pyridine rings is 1. The highest BCUT2D eigenvalue weighted by Gasteiger charge is 2.14. The van der Waals surface area contributed by atoms with Gasteiger partial charge in [0.15, 0.2) is 0 Å². The molecule has 6 nitrogen and oxygen atoms in total. The second kappa shape index (κ2) is 10.4. The van der Waals surface area contributed by atoms with Gasteiger partial charge in [0.25, 0.3) is 0 Å². The number of anilines is 1. The van der Waals surface area contributed by atoms with Crippen molar-refractivity contribution in [1.82, 2.24) is 9.88 Å². The molecule has 2 aromatic carbocycles. The first-order chi connectivity index (χ1) is 14.5. The maximum atomic E-state index is 10.9. The first kappa shape index (κ1) is 21.3. The van der Waals surface area contributed by atoms with Crippen LogP contribution in [0.2, 0.25) is 0 Å². The third kappa shape index (κ3) is 6.60. The largest absolute Gasteiger partial charge is 0.480 e. The Hall–Kier alpha value is -3.38. The van der Waals surface area contributed by atoms with Crippen molar-refractivity contribution in [1.29, 1.82) is 0 Å². The lowest BCUT2D eigenvalue weighted by molar-refractivity contribution is -0.138. The van der Waals surface area contributed by atoms with Crippen molar-refractivity contribution in [2.45, 2.75) is 19.4 Å². The van der Waals surface area contributed by atoms with E-state index in [1.807, 2.05) is 68.6 Å². The van der Waals surface area contributed by atoms with Gasteiger partial charge in [-0.3, -0.25) is 9.69 Å². The zero-order chi connectivity index (χ0) is 21.3. The standard InChI is InChI=1S/C24H27N3O3/c1-18-8-10-20(11-9-18)30-21-12-13-23(25-16-21)26-22(19-6-4-3-5-7-19)14-15-27(2)17-24(28)29/h3-13,16,22H,14-15,17H2,1-2H3,(H,25,26)(H,28,29). The lowest BCUT2D eigenvalue weighted by Gasteiger charge is -2.23. The van der Waals surface area contributed by atoms with E-state index in [9.17, 15) is 4.79 Å². The summed E-state index contributed by atoms with van der Waals surface area (Å²) in [6.45, 7) is 2.70. The number of carboxylic acids is 1. The van der Waals surface area contributed by atoms with Gasteiger partial charge in [0, 0.05) is 6.54 Å². The van der Waals surface area contributed by atoms with Crippen molar-refractivity contribution in [3.8, 4) is 11.5 Å². The summed E-state index contributed by atoms with van der Waals surface area (Å²) in [5.41, 5.74) is 2.31. The molecular weight excluding hydrogens is 378 g/mol. The van der Waals surface area contributed by atoms with Crippen molar-refractivity contribution in [3.05, 3.63) is 84.1 Å². The van der Waals surface area contributed by atoms with Crippen LogP contribution in [-0.4, -0.2) is 41.1 Å². The Bertz CT molecular complexity index is 928. The molecule has 0 aliphatic heterocycles. The molecule has 0 radical (unpaired) electrons. The maximum absolute atomic E-state index is 10.9. The molecule has 0 aliphatic carbocycles. The molecule has 3 aromatic rings. The first-order valence-electron chi connectivity index (χ1n) is 9.92. The van der Waals surface area contributed by atoms with E-state index in [2.05, 4.69) is 22.4 Å². The molecule has 30 heavy (non-hydrogen) atoms. The fraction of sp³-hybridized carbons (Fsp3) is 0.250. The summed E-state index contributed by atoms with van der Waals surface area (Å²) in [6, 6.07) is 21.7. The predicted octanol–water partition coefficient (Wildman–Crippen LogP) is 4.74. The van der Waals surface area contributed by atoms with Crippen molar-refractivity contribution >= 4 is 11.8 Å². The molecule has 1 heterocycles. The molecule has 0 saturated carbocycles. The van der Waals surface area contributed by atoms with Crippen LogP contribution in [0.3, 0.4) is 0 Å². The Morgan fingerprint density at radius 1 is 1.07 bits per heavy atom. The van der Waals surface area contributed by atoms with Gasteiger partial charge in [0.05, 0.1) is 18.8 Å². The van der Waals surface area contributed by atoms with Crippen LogP contribution in [0.4, 0.5) is 5.82 Å². The summed E-state index contributed by atoms with van der Waals surface area (Å²) >= 11 is 0. The lowest BCUT2D eigenvalue weighted by atomic mass is 10.0. The molecule has 0 bridgehead atoms. The van der Waals surface area contributed by atoms with E-state index in [-0.39, 0.29) is 12.6 Å². The molecule has 0 aliphatic rings. The molecule has 0 spiro atoms. The number of hydrogen-bond donors (Lipinski definition) is 2. The third-order valence-corrected chi connectivity index (χ3v) is 4.72. The Labute approximate surface area is 177 Å². The van der Waals surface area contributed by atoms with E-state index in [1.54, 1.807) is 11.1 Å². The fourth-order valence-corrected chi connectivity index (χ4v) is 3.11. The quantitative estimate of drug-likeness (QED) is 0.507. The van der Waals surface area contributed by atoms with Gasteiger partial charge in [-0.1, -0.05) is 48.0 Å². The van der Waals surface area contributed by atoms with Crippen LogP contribution < -0.4 is 10.1 Å². The number of carbonyl (C=O) groups is 1. The number of aromatic nitrogens is 1. The summed E-state index contributed by atoms with van der Waals surface area (Å²) in [4.78, 5) is 17.2. The average Bonchev–Trinajstić information content (AvgIpc) is 2.74. The van der Waals surface area contributed by atoms with Crippen molar-refractivity contribution in [3.63, 3.8) is 0 Å². The third-order valence-electron chi connectivity index (χ3n) is 4.72. The summed E-state index contributed by atoms with van der Waals surface area (Å²) < 4.78 is 5.84. The smallest absolute Gasteiger partial charge is 0.317 e. The summed E-state index contributed by atoms with van der Waals surface area (Å²) in [5, 5.41) is 12.4. The first-order valence-corrected chi connectivity index (χ1v) is 9.92. The molecule has 0 amide bonds. The van der Waals surface area contributed by atoms with E-state index in [0.29, 0.717) is 12.3 Å². The van der Waals surface area contributed by atoms with Crippen molar-refractivity contribution in [2.24, 2.45) is 0 Å². The zero-order valence-electron chi connectivity index (χ0n) is 17.3. The molecule has 6 heteroatoms. The fourth-order valence-electron chi connectivity index (χ4n) is 3.11. The second-order valence-electron chi connectivity index (χ2n) is 7.32. The molecule has 1 aromatic heterocycles. The molecule has 3 rings (SSSR count). The molecular formula is C24H27N3O3. The van der Waals surface area contributed by atoms with E-state index >= 15 is 0 Å². The van der Waals surface area contributed by atoms with Gasteiger partial charge in [0.2, 0.25) is 0 Å². The average molecular weight is 405 g/mol. The van der Waals surface area contributed by atoms with Crippen LogP contribution in [0, 0.1) is 6.92 Å². The number of nitrogens with one attached hydrogen (secondary N) is 1. The van der Waals surface area contributed by atoms with Crippen LogP contribution in [0.1, 0.15) is 23.6 Å². The van der Waals surface area contributed by atoms with Gasteiger partial charge in [-0.15, -0.1) is 0 Å². The highest BCUT2D eigenvalue weighted by Crippen LogP contribution is 2.25. The zero-order valence-corrected chi connectivity index (χ0v) is 17.3. The van der Waals surface area contributed by atoms with E-state index in [4.69, 9.17) is 9.84 Å². The van der Waals surface area contributed by atoms with Crippen molar-refractivity contribution < 1.29 is 14.6 Å². The number of benzene rings is 2. The molecule has 156 valence electrons. The van der Waals surface area contributed by atoms with Gasteiger partial charge in [-0.05, 0) is 50.2 Å². The van der Waals surface area contributed by atoms with Crippen LogP contribution in [-0.2, 0) is 4.79 Å². The Kier molecular flexibility index (Phi) is 7.40. The number of aliphatic carboxylic acids is 1. The number of hydrogen-bond acceptors (Lipinski definition) is 5. The van der Waals surface area contributed by atoms with Crippen LogP contribution in [0.25, 0.3) is 0 Å². The number of nitrogens with zero attached hydrogens (tertiary/aromatic N) is 2. The monoisotopic (exact) mass is 405 g/mol. The lowest BCUT2D eigenvalue weighted by Crippen LogP contribution is -2.28. The minimum Gasteiger partial charge on any atom is -0.480 e. The summed E-state index contributed by atoms with van der Waals surface area (Å²) in [7, 11) is 1.81. The van der Waals surface area contributed by atoms with Crippen LogP contribution in [0.15, 0.2) is 72.9 Å².